The molecule has 0 aliphatic rings. The van der Waals surface area contributed by atoms with Gasteiger partial charge in [0.25, 0.3) is 5.91 Å². The minimum Gasteiger partial charge on any atom is -0.497 e. The van der Waals surface area contributed by atoms with Crippen molar-refractivity contribution in [1.82, 2.24) is 15.5 Å². The number of carbonyl (C=O) groups excluding carboxylic acids is 1. The highest BCUT2D eigenvalue weighted by molar-refractivity contribution is 5.99. The van der Waals surface area contributed by atoms with Crippen LogP contribution in [0.4, 0.5) is 13.2 Å². The Morgan fingerprint density at radius 1 is 1.12 bits per heavy atom. The van der Waals surface area contributed by atoms with Crippen LogP contribution in [0.3, 0.4) is 0 Å². The first-order valence-electron chi connectivity index (χ1n) is 10.3. The van der Waals surface area contributed by atoms with Gasteiger partial charge in [0.1, 0.15) is 11.5 Å². The van der Waals surface area contributed by atoms with Gasteiger partial charge in [0.2, 0.25) is 5.95 Å². The van der Waals surface area contributed by atoms with Gasteiger partial charge in [0, 0.05) is 6.54 Å². The van der Waals surface area contributed by atoms with E-state index in [-0.39, 0.29) is 23.2 Å². The maximum absolute atomic E-state index is 13.9. The van der Waals surface area contributed by atoms with Gasteiger partial charge < -0.3 is 20.5 Å². The first-order valence-corrected chi connectivity index (χ1v) is 10.3. The number of aromatic amines is 1. The van der Waals surface area contributed by atoms with Crippen LogP contribution < -0.4 is 20.5 Å². The number of halogens is 3. The Morgan fingerprint density at radius 2 is 1.88 bits per heavy atom. The summed E-state index contributed by atoms with van der Waals surface area (Å²) in [4.78, 5) is 13.2. The number of methoxy groups -OCH3 is 1. The van der Waals surface area contributed by atoms with E-state index in [0.29, 0.717) is 28.0 Å². The molecule has 0 spiro atoms. The van der Waals surface area contributed by atoms with Gasteiger partial charge in [-0.05, 0) is 53.1 Å². The monoisotopic (exact) mass is 470 g/mol. The quantitative estimate of drug-likeness (QED) is 0.354. The average molecular weight is 470 g/mol. The predicted octanol–water partition coefficient (Wildman–Crippen LogP) is 4.41. The third-order valence-corrected chi connectivity index (χ3v) is 5.33. The van der Waals surface area contributed by atoms with Crippen LogP contribution in [0.15, 0.2) is 60.7 Å². The summed E-state index contributed by atoms with van der Waals surface area (Å²) in [6.45, 7) is -3.07. The number of hydrogen-bond donors (Lipinski definition) is 3. The number of rotatable bonds is 8. The molecule has 0 saturated heterocycles. The van der Waals surface area contributed by atoms with E-state index in [9.17, 15) is 18.0 Å². The second-order valence-corrected chi connectivity index (χ2v) is 7.40. The molecule has 34 heavy (non-hydrogen) atoms. The molecular weight excluding hydrogens is 449 g/mol. The van der Waals surface area contributed by atoms with Gasteiger partial charge in [-0.15, -0.1) is 5.10 Å². The first-order chi connectivity index (χ1) is 16.4. The number of carbonyl (C=O) groups is 1. The standard InChI is InChI=1S/C24H21F3N4O3/c1-33-16-4-2-3-15(9-16)20(12-28)29-23(32)18-11-14(6-8-21(18)34-24(26)27)13-5-7-19-17(10-13)22(25)31-30-19/h2-11,20,24H,12,28H2,1H3,(H,29,32)(H,30,31). The van der Waals surface area contributed by atoms with Crippen molar-refractivity contribution >= 4 is 16.8 Å². The molecule has 4 N–H and O–H groups in total. The zero-order valence-electron chi connectivity index (χ0n) is 18.0. The average Bonchev–Trinajstić information content (AvgIpc) is 3.22. The number of H-pyrrole nitrogens is 1. The number of nitrogens with zero attached hydrogens (tertiary/aromatic N) is 1. The number of aromatic nitrogens is 2. The minimum atomic E-state index is -3.13. The molecule has 0 bridgehead atoms. The maximum atomic E-state index is 13.9. The second-order valence-electron chi connectivity index (χ2n) is 7.40. The van der Waals surface area contributed by atoms with E-state index < -0.39 is 24.5 Å². The van der Waals surface area contributed by atoms with Gasteiger partial charge >= 0.3 is 6.61 Å². The van der Waals surface area contributed by atoms with E-state index >= 15 is 0 Å². The number of nitrogens with two attached hydrogens (primary N) is 1. The van der Waals surface area contributed by atoms with Crippen molar-refractivity contribution in [3.8, 4) is 22.6 Å². The van der Waals surface area contributed by atoms with Crippen LogP contribution in [0.25, 0.3) is 22.0 Å². The molecule has 7 nitrogen and oxygen atoms in total. The highest BCUT2D eigenvalue weighted by Crippen LogP contribution is 2.31. The number of fused-ring (bicyclic) bond motifs is 1. The molecule has 4 aromatic rings. The summed E-state index contributed by atoms with van der Waals surface area (Å²) in [7, 11) is 1.52. The van der Waals surface area contributed by atoms with Crippen LogP contribution in [-0.4, -0.2) is 36.4 Å². The molecule has 0 fully saturated rings. The molecule has 1 heterocycles. The second kappa shape index (κ2) is 9.84. The van der Waals surface area contributed by atoms with E-state index in [0.717, 1.165) is 0 Å². The van der Waals surface area contributed by atoms with Crippen molar-refractivity contribution in [3.05, 3.63) is 77.7 Å². The zero-order valence-corrected chi connectivity index (χ0v) is 18.0. The van der Waals surface area contributed by atoms with Crippen LogP contribution in [0.5, 0.6) is 11.5 Å². The fourth-order valence-electron chi connectivity index (χ4n) is 3.62. The lowest BCUT2D eigenvalue weighted by atomic mass is 10.00. The molecule has 0 saturated carbocycles. The molecule has 1 unspecified atom stereocenters. The third-order valence-electron chi connectivity index (χ3n) is 5.33. The van der Waals surface area contributed by atoms with E-state index in [1.165, 1.54) is 25.3 Å². The van der Waals surface area contributed by atoms with E-state index in [1.54, 1.807) is 42.5 Å². The van der Waals surface area contributed by atoms with Crippen LogP contribution in [0.1, 0.15) is 22.0 Å². The van der Waals surface area contributed by atoms with Crippen molar-refractivity contribution in [3.63, 3.8) is 0 Å². The molecule has 4 rings (SSSR count). The third kappa shape index (κ3) is 4.81. The Hall–Kier alpha value is -4.05. The van der Waals surface area contributed by atoms with E-state index in [4.69, 9.17) is 10.5 Å². The molecule has 1 amide bonds. The molecule has 0 aliphatic heterocycles. The lowest BCUT2D eigenvalue weighted by Crippen LogP contribution is -2.33. The largest absolute Gasteiger partial charge is 0.497 e. The SMILES string of the molecule is COc1cccc(C(CN)NC(=O)c2cc(-c3ccc4[nH]nc(F)c4c3)ccc2OC(F)F)c1. The number of alkyl halides is 2. The maximum Gasteiger partial charge on any atom is 0.387 e. The van der Waals surface area contributed by atoms with Crippen molar-refractivity contribution in [2.24, 2.45) is 5.73 Å². The minimum absolute atomic E-state index is 0.0556. The van der Waals surface area contributed by atoms with E-state index in [2.05, 4.69) is 20.3 Å². The predicted molar refractivity (Wildman–Crippen MR) is 120 cm³/mol. The Balaban J connectivity index is 1.69. The Labute approximate surface area is 192 Å². The van der Waals surface area contributed by atoms with Crippen LogP contribution in [-0.2, 0) is 0 Å². The number of hydrogen-bond acceptors (Lipinski definition) is 5. The molecule has 0 aliphatic carbocycles. The Bertz CT molecular complexity index is 1330. The lowest BCUT2D eigenvalue weighted by Gasteiger charge is -2.19. The molecule has 176 valence electrons. The van der Waals surface area contributed by atoms with Gasteiger partial charge in [-0.3, -0.25) is 9.89 Å². The van der Waals surface area contributed by atoms with Crippen molar-refractivity contribution in [1.29, 1.82) is 0 Å². The smallest absolute Gasteiger partial charge is 0.387 e. The van der Waals surface area contributed by atoms with Gasteiger partial charge in [-0.2, -0.15) is 13.2 Å². The number of benzene rings is 3. The highest BCUT2D eigenvalue weighted by Gasteiger charge is 2.21. The number of amides is 1. The molecule has 0 radical (unpaired) electrons. The number of ether oxygens (including phenoxy) is 2. The summed E-state index contributed by atoms with van der Waals surface area (Å²) in [5.41, 5.74) is 8.00. The summed E-state index contributed by atoms with van der Waals surface area (Å²) in [5.74, 6) is -1.05. The summed E-state index contributed by atoms with van der Waals surface area (Å²) in [5, 5.41) is 9.11. The summed E-state index contributed by atoms with van der Waals surface area (Å²) >= 11 is 0. The van der Waals surface area contributed by atoms with Gasteiger partial charge in [-0.25, -0.2) is 0 Å². The Kier molecular flexibility index (Phi) is 6.69. The van der Waals surface area contributed by atoms with Crippen molar-refractivity contribution in [2.75, 3.05) is 13.7 Å². The topological polar surface area (TPSA) is 102 Å². The van der Waals surface area contributed by atoms with Crippen LogP contribution >= 0.6 is 0 Å². The zero-order chi connectivity index (χ0) is 24.2. The fourth-order valence-corrected chi connectivity index (χ4v) is 3.62. The summed E-state index contributed by atoms with van der Waals surface area (Å²) in [6.07, 6.45) is 0. The summed E-state index contributed by atoms with van der Waals surface area (Å²) in [6, 6.07) is 15.5. The molecule has 1 aromatic heterocycles. The first kappa shape index (κ1) is 23.1. The highest BCUT2D eigenvalue weighted by atomic mass is 19.3. The van der Waals surface area contributed by atoms with Crippen molar-refractivity contribution in [2.45, 2.75) is 12.7 Å². The number of nitrogens with one attached hydrogen (secondary N) is 2. The fraction of sp³-hybridized carbons (Fsp3) is 0.167. The summed E-state index contributed by atoms with van der Waals surface area (Å²) < 4.78 is 49.7. The van der Waals surface area contributed by atoms with Gasteiger partial charge in [0.15, 0.2) is 0 Å². The van der Waals surface area contributed by atoms with Gasteiger partial charge in [0.05, 0.1) is 29.6 Å². The molecule has 10 heteroatoms. The van der Waals surface area contributed by atoms with E-state index in [1.807, 2.05) is 0 Å². The van der Waals surface area contributed by atoms with Crippen molar-refractivity contribution < 1.29 is 27.4 Å². The molecule has 1 atom stereocenters. The van der Waals surface area contributed by atoms with Gasteiger partial charge in [-0.1, -0.05) is 24.3 Å². The van der Waals surface area contributed by atoms with Crippen LogP contribution in [0, 0.1) is 5.95 Å². The molecular formula is C24H21F3N4O3. The van der Waals surface area contributed by atoms with Crippen LogP contribution in [0.2, 0.25) is 0 Å². The normalized spacial score (nSPS) is 12.1. The molecule has 3 aromatic carbocycles. The Morgan fingerprint density at radius 3 is 2.62 bits per heavy atom. The lowest BCUT2D eigenvalue weighted by molar-refractivity contribution is -0.0501.